The molecule has 0 saturated carbocycles. The summed E-state index contributed by atoms with van der Waals surface area (Å²) in [5, 5.41) is 10.6. The molecule has 0 unspecified atom stereocenters. The molecule has 2 heterocycles. The maximum absolute atomic E-state index is 11.8. The van der Waals surface area contributed by atoms with Gasteiger partial charge in [-0.1, -0.05) is 29.4 Å². The highest BCUT2D eigenvalue weighted by Crippen LogP contribution is 2.39. The van der Waals surface area contributed by atoms with Crippen LogP contribution in [0.4, 0.5) is 0 Å². The number of aromatic nitrogens is 2. The van der Waals surface area contributed by atoms with Crippen molar-refractivity contribution in [1.82, 2.24) is 9.97 Å². The maximum Gasteiger partial charge on any atom is 0.177 e. The van der Waals surface area contributed by atoms with Crippen molar-refractivity contribution >= 4 is 33.2 Å². The molecule has 3 aromatic rings. The van der Waals surface area contributed by atoms with Crippen LogP contribution < -0.4 is 5.73 Å². The van der Waals surface area contributed by atoms with Gasteiger partial charge < -0.3 is 10.8 Å². The molecular weight excluding hydrogens is 418 g/mol. The monoisotopic (exact) mass is 435 g/mol. The van der Waals surface area contributed by atoms with Gasteiger partial charge >= 0.3 is 0 Å². The number of sulfone groups is 1. The normalized spacial score (nSPS) is 11.6. The zero-order valence-electron chi connectivity index (χ0n) is 15.0. The summed E-state index contributed by atoms with van der Waals surface area (Å²) >= 11 is 7.87. The summed E-state index contributed by atoms with van der Waals surface area (Å²) in [4.78, 5) is 9.21. The molecule has 1 aromatic carbocycles. The number of halogens is 1. The molecule has 0 aliphatic carbocycles. The Balaban J connectivity index is 2.06. The van der Waals surface area contributed by atoms with Crippen LogP contribution in [0.3, 0.4) is 0 Å². The Labute approximate surface area is 172 Å². The molecule has 0 saturated heterocycles. The standard InChI is InChI=1S/C19H18ClN3O3S2/c1-28(25,26)16-6-15(9-22-10-16)13-5-14(8-21)18(17(20)7-13)27-19-12(11-24)3-2-4-23-19/h2-7,9-10,24H,8,11,21H2,1H3. The molecule has 0 fully saturated rings. The van der Waals surface area contributed by atoms with E-state index in [1.807, 2.05) is 6.07 Å². The van der Waals surface area contributed by atoms with Gasteiger partial charge in [-0.3, -0.25) is 4.98 Å². The molecule has 0 amide bonds. The molecule has 28 heavy (non-hydrogen) atoms. The van der Waals surface area contributed by atoms with Gasteiger partial charge in [0.05, 0.1) is 16.5 Å². The van der Waals surface area contributed by atoms with Crippen molar-refractivity contribution in [3.05, 3.63) is 65.1 Å². The molecule has 0 aliphatic heterocycles. The molecule has 0 aliphatic rings. The first kappa shape index (κ1) is 20.8. The minimum absolute atomic E-state index is 0.131. The number of rotatable bonds is 6. The van der Waals surface area contributed by atoms with Crippen molar-refractivity contribution in [2.45, 2.75) is 28.0 Å². The Kier molecular flexibility index (Phi) is 6.36. The van der Waals surface area contributed by atoms with E-state index < -0.39 is 9.84 Å². The topological polar surface area (TPSA) is 106 Å². The second-order valence-corrected chi connectivity index (χ2v) is 9.48. The number of aliphatic hydroxyl groups excluding tert-OH is 1. The fourth-order valence-electron chi connectivity index (χ4n) is 2.60. The highest BCUT2D eigenvalue weighted by atomic mass is 35.5. The summed E-state index contributed by atoms with van der Waals surface area (Å²) in [7, 11) is -3.37. The predicted molar refractivity (Wildman–Crippen MR) is 110 cm³/mol. The smallest absolute Gasteiger partial charge is 0.177 e. The molecule has 0 bridgehead atoms. The zero-order chi connectivity index (χ0) is 20.3. The van der Waals surface area contributed by atoms with E-state index in [0.717, 1.165) is 22.3 Å². The molecule has 0 atom stereocenters. The molecule has 6 nitrogen and oxygen atoms in total. The number of benzene rings is 1. The third-order valence-corrected chi connectivity index (χ3v) is 6.77. The van der Waals surface area contributed by atoms with Crippen molar-refractivity contribution in [3.63, 3.8) is 0 Å². The van der Waals surface area contributed by atoms with E-state index in [-0.39, 0.29) is 18.0 Å². The Bertz CT molecular complexity index is 1120. The lowest BCUT2D eigenvalue weighted by atomic mass is 10.0. The van der Waals surface area contributed by atoms with Crippen LogP contribution in [0.15, 0.2) is 63.7 Å². The molecule has 3 N–H and O–H groups in total. The summed E-state index contributed by atoms with van der Waals surface area (Å²) in [5.41, 5.74) is 8.76. The van der Waals surface area contributed by atoms with Gasteiger partial charge in [0, 0.05) is 47.4 Å². The van der Waals surface area contributed by atoms with Crippen molar-refractivity contribution in [2.24, 2.45) is 5.73 Å². The largest absolute Gasteiger partial charge is 0.392 e. The number of hydrogen-bond acceptors (Lipinski definition) is 7. The van der Waals surface area contributed by atoms with Crippen molar-refractivity contribution in [3.8, 4) is 11.1 Å². The van der Waals surface area contributed by atoms with Crippen LogP contribution in [0.1, 0.15) is 11.1 Å². The fourth-order valence-corrected chi connectivity index (χ4v) is 4.54. The van der Waals surface area contributed by atoms with Crippen LogP contribution in [-0.4, -0.2) is 29.7 Å². The molecule has 0 radical (unpaired) electrons. The first-order valence-electron chi connectivity index (χ1n) is 8.24. The van der Waals surface area contributed by atoms with Crippen molar-refractivity contribution in [2.75, 3.05) is 6.26 Å². The van der Waals surface area contributed by atoms with E-state index in [9.17, 15) is 13.5 Å². The van der Waals surface area contributed by atoms with E-state index in [4.69, 9.17) is 17.3 Å². The van der Waals surface area contributed by atoms with Crippen LogP contribution in [0, 0.1) is 0 Å². The summed E-state index contributed by atoms with van der Waals surface area (Å²) in [5.74, 6) is 0. The fraction of sp³-hybridized carbons (Fsp3) is 0.158. The summed E-state index contributed by atoms with van der Waals surface area (Å²) in [6.45, 7) is 0.101. The first-order chi connectivity index (χ1) is 13.3. The molecule has 2 aromatic heterocycles. The molecular formula is C19H18ClN3O3S2. The van der Waals surface area contributed by atoms with E-state index in [1.54, 1.807) is 36.7 Å². The van der Waals surface area contributed by atoms with Gasteiger partial charge in [-0.05, 0) is 35.4 Å². The maximum atomic E-state index is 11.8. The van der Waals surface area contributed by atoms with E-state index in [0.29, 0.717) is 21.2 Å². The first-order valence-corrected chi connectivity index (χ1v) is 11.3. The van der Waals surface area contributed by atoms with E-state index in [1.165, 1.54) is 18.0 Å². The van der Waals surface area contributed by atoms with Crippen LogP contribution in [0.2, 0.25) is 5.02 Å². The Hall–Kier alpha value is -1.97. The van der Waals surface area contributed by atoms with Crippen LogP contribution in [-0.2, 0) is 23.0 Å². The van der Waals surface area contributed by atoms with Gasteiger partial charge in [-0.25, -0.2) is 13.4 Å². The van der Waals surface area contributed by atoms with Gasteiger partial charge in [-0.15, -0.1) is 0 Å². The van der Waals surface area contributed by atoms with Crippen LogP contribution in [0.25, 0.3) is 11.1 Å². The zero-order valence-corrected chi connectivity index (χ0v) is 17.4. The highest BCUT2D eigenvalue weighted by molar-refractivity contribution is 7.99. The van der Waals surface area contributed by atoms with Crippen LogP contribution in [0.5, 0.6) is 0 Å². The Morgan fingerprint density at radius 3 is 2.64 bits per heavy atom. The summed E-state index contributed by atoms with van der Waals surface area (Å²) in [6.07, 6.45) is 5.67. The predicted octanol–water partition coefficient (Wildman–Crippen LogP) is 3.30. The van der Waals surface area contributed by atoms with Gasteiger partial charge in [-0.2, -0.15) is 0 Å². The highest BCUT2D eigenvalue weighted by Gasteiger charge is 2.15. The number of nitrogens with zero attached hydrogens (tertiary/aromatic N) is 2. The lowest BCUT2D eigenvalue weighted by Crippen LogP contribution is -2.01. The quantitative estimate of drug-likeness (QED) is 0.611. The molecule has 3 rings (SSSR count). The van der Waals surface area contributed by atoms with E-state index >= 15 is 0 Å². The second-order valence-electron chi connectivity index (χ2n) is 6.06. The van der Waals surface area contributed by atoms with Gasteiger partial charge in [0.2, 0.25) is 0 Å². The average Bonchev–Trinajstić information content (AvgIpc) is 2.69. The third-order valence-electron chi connectivity index (χ3n) is 4.03. The third kappa shape index (κ3) is 4.53. The number of aliphatic hydroxyl groups is 1. The van der Waals surface area contributed by atoms with Gasteiger partial charge in [0.1, 0.15) is 5.03 Å². The summed E-state index contributed by atoms with van der Waals surface area (Å²) < 4.78 is 23.6. The number of nitrogens with two attached hydrogens (primary N) is 1. The van der Waals surface area contributed by atoms with Gasteiger partial charge in [0.25, 0.3) is 0 Å². The Morgan fingerprint density at radius 2 is 1.96 bits per heavy atom. The minimum atomic E-state index is -3.37. The minimum Gasteiger partial charge on any atom is -0.392 e. The lowest BCUT2D eigenvalue weighted by Gasteiger charge is -2.14. The average molecular weight is 436 g/mol. The molecule has 0 spiro atoms. The van der Waals surface area contributed by atoms with E-state index in [2.05, 4.69) is 9.97 Å². The molecule has 9 heteroatoms. The SMILES string of the molecule is CS(=O)(=O)c1cncc(-c2cc(Cl)c(Sc3ncccc3CO)c(CN)c2)c1. The summed E-state index contributed by atoms with van der Waals surface area (Å²) in [6, 6.07) is 8.71. The number of hydrogen-bond donors (Lipinski definition) is 2. The van der Waals surface area contributed by atoms with Crippen molar-refractivity contribution < 1.29 is 13.5 Å². The second kappa shape index (κ2) is 8.59. The van der Waals surface area contributed by atoms with Crippen molar-refractivity contribution in [1.29, 1.82) is 0 Å². The lowest BCUT2D eigenvalue weighted by molar-refractivity contribution is 0.278. The number of pyridine rings is 2. The Morgan fingerprint density at radius 1 is 1.18 bits per heavy atom. The van der Waals surface area contributed by atoms with Crippen LogP contribution >= 0.6 is 23.4 Å². The molecule has 146 valence electrons. The van der Waals surface area contributed by atoms with Gasteiger partial charge in [0.15, 0.2) is 9.84 Å².